The molecule has 16 heavy (non-hydrogen) atoms. The van der Waals surface area contributed by atoms with Gasteiger partial charge >= 0.3 is 0 Å². The van der Waals surface area contributed by atoms with E-state index in [0.717, 1.165) is 23.7 Å². The van der Waals surface area contributed by atoms with Crippen LogP contribution in [0.1, 0.15) is 24.1 Å². The monoisotopic (exact) mass is 257 g/mol. The summed E-state index contributed by atoms with van der Waals surface area (Å²) in [6, 6.07) is 4.09. The molecule has 0 saturated carbocycles. The van der Waals surface area contributed by atoms with Crippen molar-refractivity contribution in [2.75, 3.05) is 6.54 Å². The lowest BCUT2D eigenvalue weighted by Crippen LogP contribution is -2.41. The topological polar surface area (TPSA) is 35.2 Å². The third kappa shape index (κ3) is 1.70. The first-order valence-corrected chi connectivity index (χ1v) is 7.01. The van der Waals surface area contributed by atoms with Crippen LogP contribution in [0.5, 0.6) is 0 Å². The van der Waals surface area contributed by atoms with E-state index in [0.29, 0.717) is 12.2 Å². The van der Waals surface area contributed by atoms with Gasteiger partial charge in [-0.05, 0) is 37.8 Å². The lowest BCUT2D eigenvalue weighted by atomic mass is 9.71. The van der Waals surface area contributed by atoms with E-state index < -0.39 is 0 Å². The largest absolute Gasteiger partial charge is 0.374 e. The minimum absolute atomic E-state index is 0.178. The number of rotatable bonds is 3. The SMILES string of the molecule is NCC1(Cc2ccc(Cl)s2)CC2CCC1O2. The van der Waals surface area contributed by atoms with Gasteiger partial charge < -0.3 is 10.5 Å². The van der Waals surface area contributed by atoms with Crippen molar-refractivity contribution in [3.05, 3.63) is 21.3 Å². The highest BCUT2D eigenvalue weighted by Crippen LogP contribution is 2.49. The van der Waals surface area contributed by atoms with Crippen LogP contribution in [0.2, 0.25) is 4.34 Å². The Morgan fingerprint density at radius 3 is 2.88 bits per heavy atom. The zero-order chi connectivity index (χ0) is 11.2. The summed E-state index contributed by atoms with van der Waals surface area (Å²) in [5.74, 6) is 0. The van der Waals surface area contributed by atoms with Crippen molar-refractivity contribution in [1.82, 2.24) is 0 Å². The van der Waals surface area contributed by atoms with Crippen LogP contribution in [0.25, 0.3) is 0 Å². The second-order valence-corrected chi connectivity index (χ2v) is 6.78. The van der Waals surface area contributed by atoms with E-state index in [9.17, 15) is 0 Å². The molecule has 4 heteroatoms. The van der Waals surface area contributed by atoms with Gasteiger partial charge in [-0.2, -0.15) is 0 Å². The highest BCUT2D eigenvalue weighted by molar-refractivity contribution is 7.16. The number of hydrogen-bond acceptors (Lipinski definition) is 3. The lowest BCUT2D eigenvalue weighted by molar-refractivity contribution is 0.0639. The number of thiophene rings is 1. The molecule has 3 rings (SSSR count). The summed E-state index contributed by atoms with van der Waals surface area (Å²) in [6.45, 7) is 0.726. The molecule has 2 aliphatic heterocycles. The zero-order valence-electron chi connectivity index (χ0n) is 9.12. The molecule has 2 saturated heterocycles. The summed E-state index contributed by atoms with van der Waals surface area (Å²) in [7, 11) is 0. The fraction of sp³-hybridized carbons (Fsp3) is 0.667. The van der Waals surface area contributed by atoms with E-state index >= 15 is 0 Å². The minimum Gasteiger partial charge on any atom is -0.374 e. The molecule has 88 valence electrons. The van der Waals surface area contributed by atoms with Crippen LogP contribution >= 0.6 is 22.9 Å². The molecule has 2 bridgehead atoms. The molecule has 2 fully saturated rings. The van der Waals surface area contributed by atoms with Crippen molar-refractivity contribution in [2.45, 2.75) is 37.9 Å². The first kappa shape index (κ1) is 11.0. The van der Waals surface area contributed by atoms with Gasteiger partial charge in [0.1, 0.15) is 0 Å². The minimum atomic E-state index is 0.178. The number of hydrogen-bond donors (Lipinski definition) is 1. The second kappa shape index (κ2) is 3.98. The fourth-order valence-electron chi connectivity index (χ4n) is 3.16. The van der Waals surface area contributed by atoms with Crippen LogP contribution in [0, 0.1) is 5.41 Å². The maximum atomic E-state index is 6.00. The first-order valence-electron chi connectivity index (χ1n) is 5.82. The van der Waals surface area contributed by atoms with Crippen molar-refractivity contribution in [1.29, 1.82) is 0 Å². The number of halogens is 1. The van der Waals surface area contributed by atoms with Crippen molar-refractivity contribution in [2.24, 2.45) is 11.1 Å². The molecule has 2 N–H and O–H groups in total. The molecule has 1 aromatic rings. The maximum absolute atomic E-state index is 6.00. The van der Waals surface area contributed by atoms with Crippen molar-refractivity contribution < 1.29 is 4.74 Å². The van der Waals surface area contributed by atoms with Crippen LogP contribution in [0.15, 0.2) is 12.1 Å². The molecule has 0 spiro atoms. The van der Waals surface area contributed by atoms with E-state index in [1.807, 2.05) is 6.07 Å². The van der Waals surface area contributed by atoms with Crippen LogP contribution < -0.4 is 5.73 Å². The summed E-state index contributed by atoms with van der Waals surface area (Å²) in [5, 5.41) is 0. The second-order valence-electron chi connectivity index (χ2n) is 4.98. The number of fused-ring (bicyclic) bond motifs is 2. The molecule has 0 radical (unpaired) electrons. The molecule has 3 heterocycles. The summed E-state index contributed by atoms with van der Waals surface area (Å²) >= 11 is 7.64. The van der Waals surface area contributed by atoms with E-state index in [1.165, 1.54) is 17.7 Å². The van der Waals surface area contributed by atoms with Gasteiger partial charge in [0.05, 0.1) is 16.5 Å². The molecule has 2 nitrogen and oxygen atoms in total. The quantitative estimate of drug-likeness (QED) is 0.904. The van der Waals surface area contributed by atoms with Gasteiger partial charge in [0.25, 0.3) is 0 Å². The van der Waals surface area contributed by atoms with Crippen molar-refractivity contribution in [3.8, 4) is 0 Å². The van der Waals surface area contributed by atoms with Gasteiger partial charge in [-0.25, -0.2) is 0 Å². The third-order valence-electron chi connectivity index (χ3n) is 3.99. The Balaban J connectivity index is 1.81. The van der Waals surface area contributed by atoms with Crippen LogP contribution in [-0.2, 0) is 11.2 Å². The highest BCUT2D eigenvalue weighted by atomic mass is 35.5. The van der Waals surface area contributed by atoms with Crippen LogP contribution in [-0.4, -0.2) is 18.8 Å². The van der Waals surface area contributed by atoms with Crippen molar-refractivity contribution in [3.63, 3.8) is 0 Å². The molecule has 0 amide bonds. The Morgan fingerprint density at radius 1 is 1.50 bits per heavy atom. The number of ether oxygens (including phenoxy) is 1. The Labute approximate surface area is 105 Å². The summed E-state index contributed by atoms with van der Waals surface area (Å²) in [6.07, 6.45) is 5.40. The summed E-state index contributed by atoms with van der Waals surface area (Å²) in [4.78, 5) is 1.34. The average Bonchev–Trinajstić information content (AvgIpc) is 2.94. The molecule has 2 aliphatic rings. The standard InChI is InChI=1S/C12H16ClNOS/c13-11-4-2-9(16-11)6-12(7-14)5-8-1-3-10(12)15-8/h2,4,8,10H,1,3,5-7,14H2. The lowest BCUT2D eigenvalue weighted by Gasteiger charge is -2.33. The Morgan fingerprint density at radius 2 is 2.38 bits per heavy atom. The zero-order valence-corrected chi connectivity index (χ0v) is 10.7. The predicted molar refractivity (Wildman–Crippen MR) is 67.0 cm³/mol. The third-order valence-corrected chi connectivity index (χ3v) is 5.22. The highest BCUT2D eigenvalue weighted by Gasteiger charge is 2.51. The molecular weight excluding hydrogens is 242 g/mol. The van der Waals surface area contributed by atoms with E-state index in [4.69, 9.17) is 22.1 Å². The Kier molecular flexibility index (Phi) is 2.75. The van der Waals surface area contributed by atoms with Crippen LogP contribution in [0.4, 0.5) is 0 Å². The summed E-state index contributed by atoms with van der Waals surface area (Å²) in [5.41, 5.74) is 6.18. The predicted octanol–water partition coefficient (Wildman–Crippen LogP) is 2.84. The molecule has 0 aromatic carbocycles. The fourth-order valence-corrected chi connectivity index (χ4v) is 4.40. The Hall–Kier alpha value is -0.0900. The Bertz CT molecular complexity index is 394. The average molecular weight is 258 g/mol. The first-order chi connectivity index (χ1) is 7.72. The van der Waals surface area contributed by atoms with E-state index in [-0.39, 0.29) is 5.41 Å². The summed E-state index contributed by atoms with van der Waals surface area (Å²) < 4.78 is 6.82. The van der Waals surface area contributed by atoms with Gasteiger partial charge in [-0.3, -0.25) is 0 Å². The van der Waals surface area contributed by atoms with Crippen LogP contribution in [0.3, 0.4) is 0 Å². The normalized spacial score (nSPS) is 37.1. The van der Waals surface area contributed by atoms with Gasteiger partial charge in [-0.1, -0.05) is 11.6 Å². The molecule has 3 atom stereocenters. The van der Waals surface area contributed by atoms with Crippen molar-refractivity contribution >= 4 is 22.9 Å². The molecule has 3 unspecified atom stereocenters. The van der Waals surface area contributed by atoms with Gasteiger partial charge in [0.15, 0.2) is 0 Å². The van der Waals surface area contributed by atoms with Gasteiger partial charge in [0.2, 0.25) is 0 Å². The molecule has 1 aromatic heterocycles. The molecular formula is C12H16ClNOS. The molecule has 0 aliphatic carbocycles. The van der Waals surface area contributed by atoms with E-state index in [1.54, 1.807) is 11.3 Å². The van der Waals surface area contributed by atoms with Gasteiger partial charge in [-0.15, -0.1) is 11.3 Å². The maximum Gasteiger partial charge on any atom is 0.0931 e. The van der Waals surface area contributed by atoms with Gasteiger partial charge in [0, 0.05) is 16.8 Å². The number of nitrogens with two attached hydrogens (primary N) is 1. The van der Waals surface area contributed by atoms with E-state index in [2.05, 4.69) is 6.07 Å². The smallest absolute Gasteiger partial charge is 0.0931 e.